The predicted octanol–water partition coefficient (Wildman–Crippen LogP) is 2.31. The van der Waals surface area contributed by atoms with E-state index in [4.69, 9.17) is 4.74 Å². The van der Waals surface area contributed by atoms with Crippen molar-refractivity contribution in [3.05, 3.63) is 63.5 Å². The number of fused-ring (bicyclic) bond motifs is 1. The first kappa shape index (κ1) is 16.8. The summed E-state index contributed by atoms with van der Waals surface area (Å²) in [7, 11) is 0. The molecule has 8 heteroatoms. The molecule has 0 radical (unpaired) electrons. The maximum atomic E-state index is 12.9. The van der Waals surface area contributed by atoms with Crippen LogP contribution in [0.2, 0.25) is 0 Å². The lowest BCUT2D eigenvalue weighted by molar-refractivity contribution is -0.139. The number of carbonyl (C=O) groups excluding carboxylic acids is 1. The number of nitrogens with zero attached hydrogens (tertiary/aromatic N) is 2. The number of hydrogen-bond acceptors (Lipinski definition) is 6. The minimum Gasteiger partial charge on any atom is -0.479 e. The molecule has 1 unspecified atom stereocenters. The molecule has 0 saturated heterocycles. The molecule has 128 valence electrons. The zero-order valence-electron chi connectivity index (χ0n) is 13.2. The number of carbonyl (C=O) groups is 2. The summed E-state index contributed by atoms with van der Waals surface area (Å²) < 4.78 is 5.98. The van der Waals surface area contributed by atoms with Crippen molar-refractivity contribution in [1.29, 1.82) is 0 Å². The largest absolute Gasteiger partial charge is 0.479 e. The molecule has 1 aromatic carbocycles. The lowest BCUT2D eigenvalue weighted by atomic mass is 10.1. The van der Waals surface area contributed by atoms with Gasteiger partial charge in [-0.2, -0.15) is 0 Å². The summed E-state index contributed by atoms with van der Waals surface area (Å²) in [6.07, 6.45) is 1.20. The van der Waals surface area contributed by atoms with E-state index in [9.17, 15) is 19.5 Å². The molecule has 3 aromatic rings. The van der Waals surface area contributed by atoms with E-state index < -0.39 is 23.5 Å². The number of carboxylic acids is 1. The fraction of sp³-hybridized carbons (Fsp3) is 0.176. The highest BCUT2D eigenvalue weighted by atomic mass is 32.1. The van der Waals surface area contributed by atoms with Crippen LogP contribution in [0.1, 0.15) is 28.9 Å². The Balaban J connectivity index is 2.21. The number of aromatic nitrogens is 2. The van der Waals surface area contributed by atoms with E-state index in [1.807, 2.05) is 0 Å². The molecule has 0 amide bonds. The van der Waals surface area contributed by atoms with Crippen LogP contribution in [0.5, 0.6) is 0 Å². The van der Waals surface area contributed by atoms with Crippen LogP contribution in [0, 0.1) is 0 Å². The Morgan fingerprint density at radius 1 is 1.32 bits per heavy atom. The van der Waals surface area contributed by atoms with Crippen LogP contribution in [-0.4, -0.2) is 33.2 Å². The van der Waals surface area contributed by atoms with E-state index >= 15 is 0 Å². The lowest BCUT2D eigenvalue weighted by Crippen LogP contribution is -2.31. The van der Waals surface area contributed by atoms with Crippen LogP contribution in [-0.2, 0) is 9.53 Å². The van der Waals surface area contributed by atoms with Gasteiger partial charge in [-0.25, -0.2) is 14.6 Å². The third-order valence-electron chi connectivity index (χ3n) is 3.64. The second-order valence-electron chi connectivity index (χ2n) is 5.16. The maximum Gasteiger partial charge on any atom is 0.339 e. The SMILES string of the molecule is CCOC(=O)c1csc2ncn(C(C(=O)O)c3ccccc3)c(=O)c12. The molecule has 25 heavy (non-hydrogen) atoms. The Morgan fingerprint density at radius 3 is 2.68 bits per heavy atom. The Bertz CT molecular complexity index is 993. The summed E-state index contributed by atoms with van der Waals surface area (Å²) in [6.45, 7) is 1.84. The molecule has 1 atom stereocenters. The van der Waals surface area contributed by atoms with Crippen LogP contribution in [0.3, 0.4) is 0 Å². The monoisotopic (exact) mass is 358 g/mol. The fourth-order valence-corrected chi connectivity index (χ4v) is 3.41. The number of benzene rings is 1. The molecule has 2 heterocycles. The molecule has 1 N–H and O–H groups in total. The summed E-state index contributed by atoms with van der Waals surface area (Å²) in [4.78, 5) is 41.2. The smallest absolute Gasteiger partial charge is 0.339 e. The van der Waals surface area contributed by atoms with Gasteiger partial charge in [-0.1, -0.05) is 30.3 Å². The van der Waals surface area contributed by atoms with Crippen LogP contribution in [0.25, 0.3) is 10.2 Å². The average molecular weight is 358 g/mol. The molecule has 2 aromatic heterocycles. The highest BCUT2D eigenvalue weighted by Crippen LogP contribution is 2.24. The first-order valence-electron chi connectivity index (χ1n) is 7.47. The number of carboxylic acid groups (broad SMARTS) is 1. The van der Waals surface area contributed by atoms with E-state index in [0.717, 1.165) is 15.9 Å². The molecule has 0 fully saturated rings. The number of hydrogen-bond donors (Lipinski definition) is 1. The molecule has 3 rings (SSSR count). The Hall–Kier alpha value is -3.00. The first-order valence-corrected chi connectivity index (χ1v) is 8.35. The Labute approximate surface area is 146 Å². The third kappa shape index (κ3) is 3.03. The molecule has 0 aliphatic carbocycles. The molecule has 0 aliphatic heterocycles. The number of esters is 1. The quantitative estimate of drug-likeness (QED) is 0.703. The Kier molecular flexibility index (Phi) is 4.62. The van der Waals surface area contributed by atoms with Gasteiger partial charge in [0.25, 0.3) is 5.56 Å². The van der Waals surface area contributed by atoms with E-state index in [1.54, 1.807) is 37.3 Å². The summed E-state index contributed by atoms with van der Waals surface area (Å²) in [6, 6.07) is 7.14. The van der Waals surface area contributed by atoms with Crippen LogP contribution in [0.4, 0.5) is 0 Å². The molecule has 0 spiro atoms. The van der Waals surface area contributed by atoms with Crippen molar-refractivity contribution >= 4 is 33.5 Å². The van der Waals surface area contributed by atoms with Crippen molar-refractivity contribution in [3.63, 3.8) is 0 Å². The van der Waals surface area contributed by atoms with Crippen molar-refractivity contribution in [3.8, 4) is 0 Å². The number of aliphatic carboxylic acids is 1. The van der Waals surface area contributed by atoms with Crippen molar-refractivity contribution in [2.45, 2.75) is 13.0 Å². The molecular weight excluding hydrogens is 344 g/mol. The number of ether oxygens (including phenoxy) is 1. The topological polar surface area (TPSA) is 98.5 Å². The van der Waals surface area contributed by atoms with Crippen molar-refractivity contribution < 1.29 is 19.4 Å². The minimum absolute atomic E-state index is 0.0770. The zero-order valence-corrected chi connectivity index (χ0v) is 14.0. The van der Waals surface area contributed by atoms with Gasteiger partial charge < -0.3 is 9.84 Å². The van der Waals surface area contributed by atoms with Gasteiger partial charge in [0.1, 0.15) is 11.2 Å². The molecule has 0 saturated carbocycles. The molecule has 0 bridgehead atoms. The standard InChI is InChI=1S/C17H14N2O5S/c1-2-24-17(23)11-8-25-14-12(11)15(20)19(9-18-14)13(16(21)22)10-6-4-3-5-7-10/h3-9,13H,2H2,1H3,(H,21,22). The van der Waals surface area contributed by atoms with Crippen molar-refractivity contribution in [2.75, 3.05) is 6.61 Å². The van der Waals surface area contributed by atoms with Crippen molar-refractivity contribution in [1.82, 2.24) is 9.55 Å². The van der Waals surface area contributed by atoms with Crippen molar-refractivity contribution in [2.24, 2.45) is 0 Å². The van der Waals surface area contributed by atoms with Gasteiger partial charge in [0.15, 0.2) is 6.04 Å². The Morgan fingerprint density at radius 2 is 2.04 bits per heavy atom. The van der Waals surface area contributed by atoms with Gasteiger partial charge in [0, 0.05) is 5.38 Å². The highest BCUT2D eigenvalue weighted by molar-refractivity contribution is 7.17. The molecule has 0 aliphatic rings. The van der Waals surface area contributed by atoms with E-state index in [2.05, 4.69) is 4.98 Å². The maximum absolute atomic E-state index is 12.9. The number of thiophene rings is 1. The summed E-state index contributed by atoms with van der Waals surface area (Å²) >= 11 is 1.13. The predicted molar refractivity (Wildman–Crippen MR) is 92.1 cm³/mol. The van der Waals surface area contributed by atoms with Gasteiger partial charge in [-0.15, -0.1) is 11.3 Å². The van der Waals surface area contributed by atoms with E-state index in [-0.39, 0.29) is 17.6 Å². The average Bonchev–Trinajstić information content (AvgIpc) is 3.03. The highest BCUT2D eigenvalue weighted by Gasteiger charge is 2.26. The summed E-state index contributed by atoms with van der Waals surface area (Å²) in [5.74, 6) is -1.82. The third-order valence-corrected chi connectivity index (χ3v) is 4.53. The fourth-order valence-electron chi connectivity index (χ4n) is 2.55. The normalized spacial score (nSPS) is 12.0. The second-order valence-corrected chi connectivity index (χ2v) is 6.02. The first-order chi connectivity index (χ1) is 12.0. The van der Waals surface area contributed by atoms with Gasteiger partial charge in [0.2, 0.25) is 0 Å². The number of rotatable bonds is 5. The molecule has 7 nitrogen and oxygen atoms in total. The van der Waals surface area contributed by atoms with Gasteiger partial charge in [0.05, 0.1) is 17.6 Å². The van der Waals surface area contributed by atoms with Crippen LogP contribution >= 0.6 is 11.3 Å². The lowest BCUT2D eigenvalue weighted by Gasteiger charge is -2.15. The minimum atomic E-state index is -1.24. The molecular formula is C17H14N2O5S. The zero-order chi connectivity index (χ0) is 18.0. The summed E-state index contributed by atoms with van der Waals surface area (Å²) in [5.41, 5.74) is -0.0531. The van der Waals surface area contributed by atoms with Gasteiger partial charge in [-0.05, 0) is 12.5 Å². The van der Waals surface area contributed by atoms with E-state index in [1.165, 1.54) is 11.7 Å². The summed E-state index contributed by atoms with van der Waals surface area (Å²) in [5, 5.41) is 11.2. The van der Waals surface area contributed by atoms with Gasteiger partial charge in [-0.3, -0.25) is 9.36 Å². The second kappa shape index (κ2) is 6.86. The van der Waals surface area contributed by atoms with Gasteiger partial charge >= 0.3 is 11.9 Å². The van der Waals surface area contributed by atoms with Crippen LogP contribution < -0.4 is 5.56 Å². The van der Waals surface area contributed by atoms with E-state index in [0.29, 0.717) is 10.4 Å². The van der Waals surface area contributed by atoms with Crippen LogP contribution in [0.15, 0.2) is 46.8 Å².